The minimum atomic E-state index is -3.71. The van der Waals surface area contributed by atoms with E-state index in [0.717, 1.165) is 70.3 Å². The highest BCUT2D eigenvalue weighted by molar-refractivity contribution is 6.56. The van der Waals surface area contributed by atoms with Gasteiger partial charge in [0.15, 0.2) is 0 Å². The molecule has 3 heterocycles. The third kappa shape index (κ3) is 4.11. The van der Waals surface area contributed by atoms with Gasteiger partial charge in [0.1, 0.15) is 17.2 Å². The number of benzene rings is 3. The van der Waals surface area contributed by atoms with Gasteiger partial charge in [-0.05, 0) is 58.2 Å². The van der Waals surface area contributed by atoms with Gasteiger partial charge in [0, 0.05) is 43.4 Å². The lowest BCUT2D eigenvalue weighted by molar-refractivity contribution is 0.108. The molecule has 0 spiro atoms. The molecule has 3 aliphatic rings. The van der Waals surface area contributed by atoms with Crippen molar-refractivity contribution >= 4 is 9.05 Å². The Morgan fingerprint density at radius 2 is 0.912 bits per heavy atom. The molecule has 2 bridgehead atoms. The molecule has 3 aromatic carbocycles. The van der Waals surface area contributed by atoms with Crippen LogP contribution in [0.2, 0.25) is 0 Å². The van der Waals surface area contributed by atoms with Crippen LogP contribution in [-0.4, -0.2) is 21.1 Å². The van der Waals surface area contributed by atoms with Crippen molar-refractivity contribution in [1.82, 2.24) is 4.90 Å². The molecule has 0 radical (unpaired) electrons. The standard InChI is InChI=1S/C28H33NO4Si/c1-17-8-20(4)26-23(11-17)14-29-15-24-12-18(2)9-21(5)27(24)32-34(30-7,31-26)33-28-22(6)10-19(3)13-25(28)16-29/h8-13H,14-16H2,1-7H3. The second-order valence-electron chi connectivity index (χ2n) is 9.87. The van der Waals surface area contributed by atoms with E-state index < -0.39 is 9.05 Å². The van der Waals surface area contributed by atoms with Gasteiger partial charge < -0.3 is 17.7 Å². The van der Waals surface area contributed by atoms with Crippen molar-refractivity contribution in [2.24, 2.45) is 0 Å². The number of nitrogens with zero attached hydrogens (tertiary/aromatic N) is 1. The van der Waals surface area contributed by atoms with E-state index in [2.05, 4.69) is 82.8 Å². The van der Waals surface area contributed by atoms with E-state index in [1.807, 2.05) is 0 Å². The lowest BCUT2D eigenvalue weighted by atomic mass is 10.0. The maximum atomic E-state index is 6.75. The average molecular weight is 476 g/mol. The summed E-state index contributed by atoms with van der Waals surface area (Å²) < 4.78 is 26.4. The van der Waals surface area contributed by atoms with Crippen molar-refractivity contribution < 1.29 is 17.7 Å². The van der Waals surface area contributed by atoms with Crippen LogP contribution in [0.15, 0.2) is 36.4 Å². The van der Waals surface area contributed by atoms with Crippen LogP contribution >= 0.6 is 0 Å². The Balaban J connectivity index is 1.80. The van der Waals surface area contributed by atoms with Gasteiger partial charge in [-0.2, -0.15) is 0 Å². The van der Waals surface area contributed by atoms with Crippen LogP contribution in [0.4, 0.5) is 0 Å². The molecule has 5 nitrogen and oxygen atoms in total. The molecule has 0 N–H and O–H groups in total. The minimum Gasteiger partial charge on any atom is -0.461 e. The van der Waals surface area contributed by atoms with E-state index in [1.54, 1.807) is 7.11 Å². The zero-order valence-electron chi connectivity index (χ0n) is 21.2. The fourth-order valence-corrected chi connectivity index (χ4v) is 7.37. The van der Waals surface area contributed by atoms with Crippen molar-refractivity contribution in [2.75, 3.05) is 7.11 Å². The van der Waals surface area contributed by atoms with E-state index in [9.17, 15) is 0 Å². The summed E-state index contributed by atoms with van der Waals surface area (Å²) in [5.41, 5.74) is 10.2. The first-order valence-corrected chi connectivity index (χ1v) is 13.4. The van der Waals surface area contributed by atoms with Gasteiger partial charge in [0.05, 0.1) is 0 Å². The topological polar surface area (TPSA) is 40.2 Å². The molecule has 6 heteroatoms. The summed E-state index contributed by atoms with van der Waals surface area (Å²) in [5.74, 6) is 2.39. The van der Waals surface area contributed by atoms with Crippen LogP contribution < -0.4 is 13.3 Å². The van der Waals surface area contributed by atoms with Crippen LogP contribution in [0, 0.1) is 41.5 Å². The molecular weight excluding hydrogens is 442 g/mol. The van der Waals surface area contributed by atoms with Gasteiger partial charge >= 0.3 is 9.05 Å². The fraction of sp³-hybridized carbons (Fsp3) is 0.357. The fourth-order valence-electron chi connectivity index (χ4n) is 5.37. The Labute approximate surface area is 203 Å². The second-order valence-corrected chi connectivity index (χ2v) is 11.9. The number of hydrogen-bond acceptors (Lipinski definition) is 5. The van der Waals surface area contributed by atoms with E-state index in [0.29, 0.717) is 0 Å². The summed E-state index contributed by atoms with van der Waals surface area (Å²) in [6, 6.07) is 13.0. The van der Waals surface area contributed by atoms with Crippen LogP contribution in [0.5, 0.6) is 17.2 Å². The lowest BCUT2D eigenvalue weighted by Gasteiger charge is -2.36. The quantitative estimate of drug-likeness (QED) is 0.405. The molecule has 0 aliphatic carbocycles. The van der Waals surface area contributed by atoms with E-state index in [-0.39, 0.29) is 0 Å². The number of aryl methyl sites for hydroxylation is 6. The molecule has 3 aromatic rings. The van der Waals surface area contributed by atoms with Crippen molar-refractivity contribution in [3.8, 4) is 17.2 Å². The maximum absolute atomic E-state index is 6.75. The monoisotopic (exact) mass is 475 g/mol. The largest absolute Gasteiger partial charge is 0.892 e. The summed E-state index contributed by atoms with van der Waals surface area (Å²) in [6.07, 6.45) is 0. The third-order valence-electron chi connectivity index (χ3n) is 6.60. The minimum absolute atomic E-state index is 0.755. The first-order valence-electron chi connectivity index (χ1n) is 11.8. The van der Waals surface area contributed by atoms with Crippen LogP contribution in [0.3, 0.4) is 0 Å². The van der Waals surface area contributed by atoms with E-state index in [1.165, 1.54) is 16.7 Å². The summed E-state index contributed by atoms with van der Waals surface area (Å²) in [4.78, 5) is 2.45. The highest BCUT2D eigenvalue weighted by Crippen LogP contribution is 2.40. The molecule has 0 saturated heterocycles. The summed E-state index contributed by atoms with van der Waals surface area (Å²) in [5, 5.41) is 0. The molecule has 178 valence electrons. The number of rotatable bonds is 1. The van der Waals surface area contributed by atoms with E-state index in [4.69, 9.17) is 17.7 Å². The van der Waals surface area contributed by atoms with Crippen molar-refractivity contribution in [1.29, 1.82) is 0 Å². The SMILES string of the molecule is CO[Si]12Oc3c(C)cc(C)cc3CN(Cc3cc(C)cc(C)c3O1)Cc1cc(C)cc(C)c1O2. The Morgan fingerprint density at radius 3 is 1.21 bits per heavy atom. The number of hydrogen-bond donors (Lipinski definition) is 0. The molecule has 0 unspecified atom stereocenters. The third-order valence-corrected chi connectivity index (χ3v) is 8.46. The zero-order chi connectivity index (χ0) is 24.2. The Bertz CT molecular complexity index is 1130. The van der Waals surface area contributed by atoms with Gasteiger partial charge in [-0.25, -0.2) is 0 Å². The maximum Gasteiger partial charge on any atom is 0.892 e. The van der Waals surface area contributed by atoms with Crippen LogP contribution in [-0.2, 0) is 24.1 Å². The first-order chi connectivity index (χ1) is 16.2. The molecule has 0 fully saturated rings. The molecule has 34 heavy (non-hydrogen) atoms. The van der Waals surface area contributed by atoms with Gasteiger partial charge in [0.2, 0.25) is 0 Å². The van der Waals surface area contributed by atoms with Crippen molar-refractivity contribution in [3.05, 3.63) is 86.5 Å². The van der Waals surface area contributed by atoms with Crippen molar-refractivity contribution in [2.45, 2.75) is 61.2 Å². The molecule has 0 saturated carbocycles. The predicted octanol–water partition coefficient (Wildman–Crippen LogP) is 5.99. The Hall–Kier alpha value is -2.80. The Kier molecular flexibility index (Phi) is 5.71. The highest BCUT2D eigenvalue weighted by atomic mass is 28.4. The summed E-state index contributed by atoms with van der Waals surface area (Å²) in [7, 11) is -2.08. The average Bonchev–Trinajstić information content (AvgIpc) is 2.74. The van der Waals surface area contributed by atoms with E-state index >= 15 is 0 Å². The smallest absolute Gasteiger partial charge is 0.461 e. The zero-order valence-corrected chi connectivity index (χ0v) is 22.2. The molecule has 6 rings (SSSR count). The van der Waals surface area contributed by atoms with Crippen LogP contribution in [0.1, 0.15) is 50.1 Å². The Morgan fingerprint density at radius 1 is 0.588 bits per heavy atom. The lowest BCUT2D eigenvalue weighted by Crippen LogP contribution is -2.58. The molecule has 0 amide bonds. The molecule has 0 aromatic heterocycles. The predicted molar refractivity (Wildman–Crippen MR) is 135 cm³/mol. The molecular formula is C28H33NO4Si. The normalized spacial score (nSPS) is 21.1. The van der Waals surface area contributed by atoms with Gasteiger partial charge in [-0.1, -0.05) is 53.1 Å². The van der Waals surface area contributed by atoms with Crippen molar-refractivity contribution in [3.63, 3.8) is 0 Å². The summed E-state index contributed by atoms with van der Waals surface area (Å²) >= 11 is 0. The highest BCUT2D eigenvalue weighted by Gasteiger charge is 2.56. The summed E-state index contributed by atoms with van der Waals surface area (Å²) in [6.45, 7) is 14.9. The first kappa shape index (κ1) is 23.0. The molecule has 3 aliphatic heterocycles. The second kappa shape index (κ2) is 8.45. The molecule has 0 atom stereocenters. The van der Waals surface area contributed by atoms with Gasteiger partial charge in [-0.3, -0.25) is 4.90 Å². The van der Waals surface area contributed by atoms with Gasteiger partial charge in [-0.15, -0.1) is 0 Å². The van der Waals surface area contributed by atoms with Gasteiger partial charge in [0.25, 0.3) is 0 Å². The van der Waals surface area contributed by atoms with Crippen LogP contribution in [0.25, 0.3) is 0 Å².